The van der Waals surface area contributed by atoms with E-state index in [0.29, 0.717) is 23.7 Å². The average Bonchev–Trinajstić information content (AvgIpc) is 3.21. The van der Waals surface area contributed by atoms with Crippen molar-refractivity contribution in [2.45, 2.75) is 46.1 Å². The molecule has 1 heterocycles. The predicted octanol–water partition coefficient (Wildman–Crippen LogP) is 6.53. The van der Waals surface area contributed by atoms with Crippen molar-refractivity contribution in [2.75, 3.05) is 13.2 Å². The quantitative estimate of drug-likeness (QED) is 0.244. The van der Waals surface area contributed by atoms with Gasteiger partial charge in [0.1, 0.15) is 11.6 Å². The van der Waals surface area contributed by atoms with Gasteiger partial charge in [0.05, 0.1) is 28.2 Å². The Balaban J connectivity index is 1.29. The van der Waals surface area contributed by atoms with E-state index < -0.39 is 0 Å². The van der Waals surface area contributed by atoms with Crippen LogP contribution >= 0.6 is 11.6 Å². The minimum Gasteiger partial charge on any atom is -0.494 e. The summed E-state index contributed by atoms with van der Waals surface area (Å²) in [6.45, 7) is 6.36. The van der Waals surface area contributed by atoms with Crippen molar-refractivity contribution in [1.82, 2.24) is 14.9 Å². The monoisotopic (exact) mass is 489 g/mol. The van der Waals surface area contributed by atoms with Crippen LogP contribution in [0.2, 0.25) is 5.02 Å². The van der Waals surface area contributed by atoms with Gasteiger partial charge in [-0.1, -0.05) is 41.9 Å². The van der Waals surface area contributed by atoms with E-state index in [2.05, 4.69) is 54.1 Å². The molecule has 0 aliphatic carbocycles. The molecule has 0 atom stereocenters. The third-order valence-corrected chi connectivity index (χ3v) is 6.57. The molecule has 0 fully saturated rings. The van der Waals surface area contributed by atoms with Crippen LogP contribution in [0.4, 0.5) is 0 Å². The highest BCUT2D eigenvalue weighted by atomic mass is 35.5. The number of aryl methyl sites for hydroxylation is 4. The first-order chi connectivity index (χ1) is 17.0. The summed E-state index contributed by atoms with van der Waals surface area (Å²) in [5.41, 5.74) is 5.19. The number of ether oxygens (including phenoxy) is 1. The lowest BCUT2D eigenvalue weighted by Gasteiger charge is -2.11. The molecule has 4 rings (SSSR count). The SMILES string of the molecule is Cc1ccc(OCCCCn2c(CCCNC(=O)c3ccccc3Cl)nc3ccccc32)cc1C. The second-order valence-electron chi connectivity index (χ2n) is 8.81. The maximum absolute atomic E-state index is 12.4. The van der Waals surface area contributed by atoms with Crippen LogP contribution in [0.1, 0.15) is 46.6 Å². The standard InChI is InChI=1S/C29H32ClN3O2/c1-21-15-16-23(20-22(21)2)35-19-8-7-18-33-27-13-6-5-12-26(27)32-28(33)14-9-17-31-29(34)24-10-3-4-11-25(24)30/h3-6,10-13,15-16,20H,7-9,14,17-19H2,1-2H3,(H,31,34). The molecule has 0 spiro atoms. The maximum atomic E-state index is 12.4. The first-order valence-corrected chi connectivity index (χ1v) is 12.6. The zero-order valence-corrected chi connectivity index (χ0v) is 21.1. The molecule has 0 saturated heterocycles. The second-order valence-corrected chi connectivity index (χ2v) is 9.22. The minimum absolute atomic E-state index is 0.145. The molecule has 0 radical (unpaired) electrons. The average molecular weight is 490 g/mol. The van der Waals surface area contributed by atoms with Crippen LogP contribution in [-0.2, 0) is 13.0 Å². The number of imidazole rings is 1. The third-order valence-electron chi connectivity index (χ3n) is 6.24. The van der Waals surface area contributed by atoms with Crippen LogP contribution in [-0.4, -0.2) is 28.6 Å². The first-order valence-electron chi connectivity index (χ1n) is 12.2. The molecular weight excluding hydrogens is 458 g/mol. The normalized spacial score (nSPS) is 11.1. The van der Waals surface area contributed by atoms with Gasteiger partial charge in [0.2, 0.25) is 0 Å². The van der Waals surface area contributed by atoms with Gasteiger partial charge in [-0.3, -0.25) is 4.79 Å². The summed E-state index contributed by atoms with van der Waals surface area (Å²) in [6.07, 6.45) is 3.56. The molecular formula is C29H32ClN3O2. The predicted molar refractivity (Wildman–Crippen MR) is 142 cm³/mol. The van der Waals surface area contributed by atoms with E-state index in [9.17, 15) is 4.79 Å². The number of para-hydroxylation sites is 2. The molecule has 5 nitrogen and oxygen atoms in total. The van der Waals surface area contributed by atoms with E-state index in [1.807, 2.05) is 24.3 Å². The molecule has 4 aromatic rings. The summed E-state index contributed by atoms with van der Waals surface area (Å²) in [5.74, 6) is 1.84. The van der Waals surface area contributed by atoms with Crippen molar-refractivity contribution < 1.29 is 9.53 Å². The Bertz CT molecular complexity index is 1300. The summed E-state index contributed by atoms with van der Waals surface area (Å²) in [5, 5.41) is 3.44. The van der Waals surface area contributed by atoms with Gasteiger partial charge >= 0.3 is 0 Å². The van der Waals surface area contributed by atoms with E-state index in [4.69, 9.17) is 21.3 Å². The van der Waals surface area contributed by atoms with Crippen LogP contribution < -0.4 is 10.1 Å². The molecule has 1 aromatic heterocycles. The van der Waals surface area contributed by atoms with Gasteiger partial charge in [-0.15, -0.1) is 0 Å². The highest BCUT2D eigenvalue weighted by Gasteiger charge is 2.12. The summed E-state index contributed by atoms with van der Waals surface area (Å²) in [6, 6.07) is 21.6. The Hall–Kier alpha value is -3.31. The van der Waals surface area contributed by atoms with Gasteiger partial charge < -0.3 is 14.6 Å². The molecule has 0 bridgehead atoms. The van der Waals surface area contributed by atoms with Crippen molar-refractivity contribution >= 4 is 28.5 Å². The molecule has 0 aliphatic heterocycles. The Morgan fingerprint density at radius 2 is 1.77 bits per heavy atom. The molecule has 182 valence electrons. The number of rotatable bonds is 11. The number of carbonyl (C=O) groups excluding carboxylic acids is 1. The molecule has 1 N–H and O–H groups in total. The van der Waals surface area contributed by atoms with Gasteiger partial charge in [-0.05, 0) is 80.6 Å². The lowest BCUT2D eigenvalue weighted by Crippen LogP contribution is -2.25. The van der Waals surface area contributed by atoms with Crippen molar-refractivity contribution in [3.8, 4) is 5.75 Å². The number of hydrogen-bond acceptors (Lipinski definition) is 3. The summed E-state index contributed by atoms with van der Waals surface area (Å²) < 4.78 is 8.26. The number of fused-ring (bicyclic) bond motifs is 1. The van der Waals surface area contributed by atoms with Crippen molar-refractivity contribution in [2.24, 2.45) is 0 Å². The fourth-order valence-electron chi connectivity index (χ4n) is 4.12. The molecule has 35 heavy (non-hydrogen) atoms. The van der Waals surface area contributed by atoms with Gasteiger partial charge in [0.25, 0.3) is 5.91 Å². The van der Waals surface area contributed by atoms with E-state index in [-0.39, 0.29) is 5.91 Å². The Morgan fingerprint density at radius 1 is 0.971 bits per heavy atom. The number of aromatic nitrogens is 2. The molecule has 3 aromatic carbocycles. The number of carbonyl (C=O) groups is 1. The first kappa shape index (κ1) is 24.8. The minimum atomic E-state index is -0.145. The van der Waals surface area contributed by atoms with Crippen LogP contribution in [0.5, 0.6) is 5.75 Å². The van der Waals surface area contributed by atoms with Crippen molar-refractivity contribution in [3.63, 3.8) is 0 Å². The van der Waals surface area contributed by atoms with Crippen LogP contribution in [0.3, 0.4) is 0 Å². The summed E-state index contributed by atoms with van der Waals surface area (Å²) in [7, 11) is 0. The lowest BCUT2D eigenvalue weighted by molar-refractivity contribution is 0.0953. The number of halogens is 1. The number of nitrogens with one attached hydrogen (secondary N) is 1. The smallest absolute Gasteiger partial charge is 0.252 e. The summed E-state index contributed by atoms with van der Waals surface area (Å²) in [4.78, 5) is 17.3. The second kappa shape index (κ2) is 11.9. The highest BCUT2D eigenvalue weighted by Crippen LogP contribution is 2.20. The number of nitrogens with zero attached hydrogens (tertiary/aromatic N) is 2. The van der Waals surface area contributed by atoms with Crippen molar-refractivity contribution in [1.29, 1.82) is 0 Å². The molecule has 0 aliphatic rings. The fraction of sp³-hybridized carbons (Fsp3) is 0.310. The lowest BCUT2D eigenvalue weighted by atomic mass is 10.1. The molecule has 0 unspecified atom stereocenters. The Morgan fingerprint density at radius 3 is 2.60 bits per heavy atom. The van der Waals surface area contributed by atoms with Crippen molar-refractivity contribution in [3.05, 3.63) is 94.3 Å². The van der Waals surface area contributed by atoms with E-state index in [0.717, 1.165) is 54.8 Å². The highest BCUT2D eigenvalue weighted by molar-refractivity contribution is 6.33. The number of benzene rings is 3. The molecule has 1 amide bonds. The maximum Gasteiger partial charge on any atom is 0.252 e. The third kappa shape index (κ3) is 6.43. The van der Waals surface area contributed by atoms with Gasteiger partial charge in [-0.2, -0.15) is 0 Å². The number of unbranched alkanes of at least 4 members (excludes halogenated alkanes) is 1. The zero-order chi connectivity index (χ0) is 24.6. The number of amides is 1. The fourth-order valence-corrected chi connectivity index (χ4v) is 4.34. The largest absolute Gasteiger partial charge is 0.494 e. The van der Waals surface area contributed by atoms with E-state index in [1.54, 1.807) is 12.1 Å². The molecule has 6 heteroatoms. The number of hydrogen-bond donors (Lipinski definition) is 1. The van der Waals surface area contributed by atoms with E-state index >= 15 is 0 Å². The Kier molecular flexibility index (Phi) is 8.43. The zero-order valence-electron chi connectivity index (χ0n) is 20.4. The molecule has 0 saturated carbocycles. The van der Waals surface area contributed by atoms with Crippen LogP contribution in [0.25, 0.3) is 11.0 Å². The Labute approximate surface area is 212 Å². The van der Waals surface area contributed by atoms with Gasteiger partial charge in [0, 0.05) is 19.5 Å². The van der Waals surface area contributed by atoms with Gasteiger partial charge in [0.15, 0.2) is 0 Å². The summed E-state index contributed by atoms with van der Waals surface area (Å²) >= 11 is 6.13. The van der Waals surface area contributed by atoms with Crippen LogP contribution in [0, 0.1) is 13.8 Å². The van der Waals surface area contributed by atoms with Gasteiger partial charge in [-0.25, -0.2) is 4.98 Å². The van der Waals surface area contributed by atoms with Crippen LogP contribution in [0.15, 0.2) is 66.7 Å². The topological polar surface area (TPSA) is 56.1 Å². The van der Waals surface area contributed by atoms with E-state index in [1.165, 1.54) is 11.1 Å².